The van der Waals surface area contributed by atoms with Gasteiger partial charge >= 0.3 is 0 Å². The monoisotopic (exact) mass is 358 g/mol. The Balaban J connectivity index is 2.01. The average molecular weight is 358 g/mol. The van der Waals surface area contributed by atoms with Crippen molar-refractivity contribution in [3.63, 3.8) is 0 Å². The van der Waals surface area contributed by atoms with E-state index >= 15 is 0 Å². The molecule has 1 aromatic carbocycles. The average Bonchev–Trinajstić information content (AvgIpc) is 3.08. The summed E-state index contributed by atoms with van der Waals surface area (Å²) < 4.78 is 18.2. The number of nitriles is 1. The first-order chi connectivity index (χ1) is 12.1. The van der Waals surface area contributed by atoms with E-state index in [0.29, 0.717) is 26.2 Å². The summed E-state index contributed by atoms with van der Waals surface area (Å²) in [5, 5.41) is 11.9. The molecule has 1 N–H and O–H groups in total. The Morgan fingerprint density at radius 3 is 2.76 bits per heavy atom. The predicted octanol–water partition coefficient (Wildman–Crippen LogP) is 4.00. The Morgan fingerprint density at radius 1 is 1.32 bits per heavy atom. The van der Waals surface area contributed by atoms with Crippen LogP contribution in [-0.2, 0) is 9.53 Å². The molecule has 4 nitrogen and oxygen atoms in total. The first-order valence-corrected chi connectivity index (χ1v) is 8.79. The molecule has 2 rings (SSSR count). The molecule has 0 aliphatic rings. The Hall–Kier alpha value is -2.49. The minimum atomic E-state index is -0.393. The third-order valence-electron chi connectivity index (χ3n) is 3.36. The topological polar surface area (TPSA) is 62.1 Å². The quantitative estimate of drug-likeness (QED) is 0.441. The van der Waals surface area contributed by atoms with E-state index in [4.69, 9.17) is 4.74 Å². The summed E-state index contributed by atoms with van der Waals surface area (Å²) in [6.45, 7) is 3.60. The molecular weight excluding hydrogens is 339 g/mol. The van der Waals surface area contributed by atoms with Crippen molar-refractivity contribution in [2.45, 2.75) is 13.3 Å². The van der Waals surface area contributed by atoms with Gasteiger partial charge in [0.25, 0.3) is 5.91 Å². The number of nitrogens with zero attached hydrogens (tertiary/aromatic N) is 1. The molecule has 0 fully saturated rings. The van der Waals surface area contributed by atoms with Gasteiger partial charge in [-0.2, -0.15) is 5.26 Å². The van der Waals surface area contributed by atoms with E-state index in [2.05, 4.69) is 5.32 Å². The van der Waals surface area contributed by atoms with Crippen LogP contribution in [0, 0.1) is 17.1 Å². The van der Waals surface area contributed by atoms with Gasteiger partial charge in [-0.05, 0) is 49.2 Å². The van der Waals surface area contributed by atoms with Gasteiger partial charge in [-0.3, -0.25) is 4.79 Å². The number of benzene rings is 1. The van der Waals surface area contributed by atoms with E-state index in [-0.39, 0.29) is 11.4 Å². The first-order valence-electron chi connectivity index (χ1n) is 7.97. The van der Waals surface area contributed by atoms with Gasteiger partial charge in [-0.15, -0.1) is 11.3 Å². The number of carbonyl (C=O) groups is 1. The third kappa shape index (κ3) is 5.82. The van der Waals surface area contributed by atoms with Crippen LogP contribution in [-0.4, -0.2) is 25.7 Å². The fourth-order valence-electron chi connectivity index (χ4n) is 2.11. The lowest BCUT2D eigenvalue weighted by Gasteiger charge is -2.04. The van der Waals surface area contributed by atoms with Crippen molar-refractivity contribution in [3.8, 4) is 16.5 Å². The number of halogens is 1. The zero-order chi connectivity index (χ0) is 18.1. The second-order valence-corrected chi connectivity index (χ2v) is 6.30. The highest BCUT2D eigenvalue weighted by Crippen LogP contribution is 2.29. The maximum atomic E-state index is 13.0. The summed E-state index contributed by atoms with van der Waals surface area (Å²) in [5.41, 5.74) is 0.953. The Bertz CT molecular complexity index is 775. The second-order valence-electron chi connectivity index (χ2n) is 5.19. The lowest BCUT2D eigenvalue weighted by atomic mass is 10.2. The molecule has 1 amide bonds. The zero-order valence-electron chi connectivity index (χ0n) is 13.9. The van der Waals surface area contributed by atoms with Crippen LogP contribution in [0.3, 0.4) is 0 Å². The number of carbonyl (C=O) groups excluding carboxylic acids is 1. The first kappa shape index (κ1) is 18.8. The van der Waals surface area contributed by atoms with Gasteiger partial charge in [0.15, 0.2) is 0 Å². The molecule has 0 spiro atoms. The number of hydrogen-bond acceptors (Lipinski definition) is 4. The van der Waals surface area contributed by atoms with Crippen molar-refractivity contribution >= 4 is 23.3 Å². The summed E-state index contributed by atoms with van der Waals surface area (Å²) in [6, 6.07) is 11.9. The van der Waals surface area contributed by atoms with Crippen LogP contribution >= 0.6 is 11.3 Å². The molecule has 0 aliphatic heterocycles. The standard InChI is InChI=1S/C19H19FN2O2S/c1-2-24-11-3-10-22-19(23)15(13-21)12-17-8-9-18(25-17)14-4-6-16(20)7-5-14/h4-9,12H,2-3,10-11H2,1H3,(H,22,23)/b15-12+. The highest BCUT2D eigenvalue weighted by Gasteiger charge is 2.10. The molecule has 0 atom stereocenters. The second kappa shape index (κ2) is 9.72. The molecule has 0 bridgehead atoms. The molecule has 2 aromatic rings. The minimum absolute atomic E-state index is 0.0592. The summed E-state index contributed by atoms with van der Waals surface area (Å²) in [6.07, 6.45) is 2.27. The number of nitrogens with one attached hydrogen (secondary N) is 1. The van der Waals surface area contributed by atoms with Crippen LogP contribution in [0.5, 0.6) is 0 Å². The molecule has 1 heterocycles. The van der Waals surface area contributed by atoms with E-state index in [1.807, 2.05) is 25.1 Å². The Labute approximate surface area is 150 Å². The van der Waals surface area contributed by atoms with Crippen molar-refractivity contribution in [3.05, 3.63) is 52.7 Å². The smallest absolute Gasteiger partial charge is 0.261 e. The van der Waals surface area contributed by atoms with Gasteiger partial charge in [0.05, 0.1) is 0 Å². The van der Waals surface area contributed by atoms with Crippen LogP contribution in [0.1, 0.15) is 18.2 Å². The molecule has 130 valence electrons. The lowest BCUT2D eigenvalue weighted by Crippen LogP contribution is -2.26. The number of thiophene rings is 1. The van der Waals surface area contributed by atoms with Crippen molar-refractivity contribution in [2.75, 3.05) is 19.8 Å². The van der Waals surface area contributed by atoms with Crippen LogP contribution < -0.4 is 5.32 Å². The highest BCUT2D eigenvalue weighted by molar-refractivity contribution is 7.16. The van der Waals surface area contributed by atoms with Crippen LogP contribution in [0.15, 0.2) is 42.0 Å². The normalized spacial score (nSPS) is 11.2. The van der Waals surface area contributed by atoms with Gasteiger partial charge in [0.2, 0.25) is 0 Å². The maximum absolute atomic E-state index is 13.0. The molecular formula is C19H19FN2O2S. The molecule has 0 saturated heterocycles. The molecule has 1 aromatic heterocycles. The predicted molar refractivity (Wildman–Crippen MR) is 97.4 cm³/mol. The Kier molecular flexibility index (Phi) is 7.33. The fraction of sp³-hybridized carbons (Fsp3) is 0.263. The number of amides is 1. The van der Waals surface area contributed by atoms with E-state index in [1.54, 1.807) is 18.2 Å². The molecule has 0 aliphatic carbocycles. The summed E-state index contributed by atoms with van der Waals surface area (Å²) >= 11 is 1.44. The zero-order valence-corrected chi connectivity index (χ0v) is 14.7. The minimum Gasteiger partial charge on any atom is -0.382 e. The van der Waals surface area contributed by atoms with Crippen molar-refractivity contribution in [1.82, 2.24) is 5.32 Å². The van der Waals surface area contributed by atoms with Gasteiger partial charge in [-0.25, -0.2) is 4.39 Å². The Morgan fingerprint density at radius 2 is 2.08 bits per heavy atom. The van der Waals surface area contributed by atoms with Crippen molar-refractivity contribution < 1.29 is 13.9 Å². The molecule has 6 heteroatoms. The van der Waals surface area contributed by atoms with Crippen LogP contribution in [0.25, 0.3) is 16.5 Å². The fourth-order valence-corrected chi connectivity index (χ4v) is 3.06. The van der Waals surface area contributed by atoms with Crippen LogP contribution in [0.4, 0.5) is 4.39 Å². The van der Waals surface area contributed by atoms with E-state index in [9.17, 15) is 14.4 Å². The van der Waals surface area contributed by atoms with Crippen molar-refractivity contribution in [2.24, 2.45) is 0 Å². The lowest BCUT2D eigenvalue weighted by molar-refractivity contribution is -0.117. The number of hydrogen-bond donors (Lipinski definition) is 1. The largest absolute Gasteiger partial charge is 0.382 e. The summed E-state index contributed by atoms with van der Waals surface area (Å²) in [7, 11) is 0. The molecule has 0 saturated carbocycles. The third-order valence-corrected chi connectivity index (χ3v) is 4.44. The molecule has 0 unspecified atom stereocenters. The van der Waals surface area contributed by atoms with Gasteiger partial charge in [0, 0.05) is 29.5 Å². The van der Waals surface area contributed by atoms with E-state index in [1.165, 1.54) is 23.5 Å². The van der Waals surface area contributed by atoms with Crippen LogP contribution in [0.2, 0.25) is 0 Å². The number of rotatable bonds is 8. The van der Waals surface area contributed by atoms with Gasteiger partial charge in [-0.1, -0.05) is 12.1 Å². The van der Waals surface area contributed by atoms with Crippen molar-refractivity contribution in [1.29, 1.82) is 5.26 Å². The summed E-state index contributed by atoms with van der Waals surface area (Å²) in [4.78, 5) is 13.8. The van der Waals surface area contributed by atoms with E-state index in [0.717, 1.165) is 15.3 Å². The van der Waals surface area contributed by atoms with Gasteiger partial charge in [0.1, 0.15) is 17.5 Å². The molecule has 25 heavy (non-hydrogen) atoms. The highest BCUT2D eigenvalue weighted by atomic mass is 32.1. The van der Waals surface area contributed by atoms with Gasteiger partial charge < -0.3 is 10.1 Å². The van der Waals surface area contributed by atoms with E-state index < -0.39 is 5.91 Å². The molecule has 0 radical (unpaired) electrons. The maximum Gasteiger partial charge on any atom is 0.261 e. The number of ether oxygens (including phenoxy) is 1. The SMILES string of the molecule is CCOCCCNC(=O)/C(C#N)=C/c1ccc(-c2ccc(F)cc2)s1. The summed E-state index contributed by atoms with van der Waals surface area (Å²) in [5.74, 6) is -0.677.